The van der Waals surface area contributed by atoms with Crippen molar-refractivity contribution >= 4 is 34.6 Å². The molecule has 0 spiro atoms. The number of aromatic nitrogens is 4. The number of aryl methyl sites for hydroxylation is 1. The maximum absolute atomic E-state index is 13.8. The van der Waals surface area contributed by atoms with Crippen LogP contribution in [0.4, 0.5) is 19.3 Å². The molecule has 53 heavy (non-hydrogen) atoms. The van der Waals surface area contributed by atoms with Gasteiger partial charge in [0.05, 0.1) is 22.8 Å². The van der Waals surface area contributed by atoms with Gasteiger partial charge in [0, 0.05) is 31.7 Å². The third kappa shape index (κ3) is 8.66. The number of nitrogens with one attached hydrogen (secondary N) is 2. The third-order valence-electron chi connectivity index (χ3n) is 11.5. The molecule has 3 aromatic rings. The Morgan fingerprint density at radius 1 is 1.06 bits per heavy atom. The predicted molar refractivity (Wildman–Crippen MR) is 196 cm³/mol. The fraction of sp³-hybridized carbons (Fsp3) is 0.658. The summed E-state index contributed by atoms with van der Waals surface area (Å²) in [4.78, 5) is 52.4. The molecule has 2 saturated heterocycles. The summed E-state index contributed by atoms with van der Waals surface area (Å²) in [6.45, 7) is 9.84. The van der Waals surface area contributed by atoms with Crippen LogP contribution >= 0.6 is 0 Å². The fourth-order valence-electron chi connectivity index (χ4n) is 8.53. The molecule has 15 heteroatoms. The normalized spacial score (nSPS) is 23.3. The van der Waals surface area contributed by atoms with Gasteiger partial charge in [-0.15, -0.1) is 0 Å². The van der Waals surface area contributed by atoms with E-state index in [0.717, 1.165) is 75.5 Å². The summed E-state index contributed by atoms with van der Waals surface area (Å²) < 4.78 is 37.6. The van der Waals surface area contributed by atoms with Gasteiger partial charge in [-0.25, -0.2) is 18.4 Å². The highest BCUT2D eigenvalue weighted by atomic mass is 19.3. The number of imide groups is 1. The number of para-hydroxylation sites is 1. The Bertz CT molecular complexity index is 1880. The van der Waals surface area contributed by atoms with Crippen LogP contribution in [0.1, 0.15) is 122 Å². The van der Waals surface area contributed by atoms with Gasteiger partial charge in [-0.1, -0.05) is 12.1 Å². The molecule has 4 N–H and O–H groups in total. The lowest BCUT2D eigenvalue weighted by molar-refractivity contribution is -0.135. The van der Waals surface area contributed by atoms with Crippen LogP contribution in [0.5, 0.6) is 0 Å². The standard InChI is InChI=1S/C38H54F2N8O5/c1-37(2,3)53-35(51)42-27-22-47(44-31(27)33(39)40)26-11-9-25(10-12-26)38(4,41)18-15-23-16-19-46(20-17-23)21-24-7-6-8-28-32(24)45(5)36(52)48(28)29-13-14-30(49)43-34(29)50/h6-8,22-23,25-26,29,33H,9-21,41H2,1-5H3,(H,42,51)(H,43,49,50). The molecule has 6 rings (SSSR count). The summed E-state index contributed by atoms with van der Waals surface area (Å²) in [5, 5.41) is 8.99. The number of carbonyl (C=O) groups excluding carboxylic acids is 3. The van der Waals surface area contributed by atoms with Crippen molar-refractivity contribution in [3.05, 3.63) is 46.1 Å². The van der Waals surface area contributed by atoms with Crippen molar-refractivity contribution in [1.29, 1.82) is 0 Å². The molecule has 0 radical (unpaired) electrons. The van der Waals surface area contributed by atoms with E-state index in [1.807, 2.05) is 18.2 Å². The number of alkyl halides is 2. The van der Waals surface area contributed by atoms with Crippen LogP contribution in [-0.4, -0.2) is 66.0 Å². The van der Waals surface area contributed by atoms with Crippen molar-refractivity contribution in [1.82, 2.24) is 29.1 Å². The number of fused-ring (bicyclic) bond motifs is 1. The summed E-state index contributed by atoms with van der Waals surface area (Å²) in [6, 6.07) is 5.08. The van der Waals surface area contributed by atoms with Crippen molar-refractivity contribution < 1.29 is 27.9 Å². The maximum atomic E-state index is 13.8. The number of anilines is 1. The van der Waals surface area contributed by atoms with Crippen LogP contribution in [0.3, 0.4) is 0 Å². The highest BCUT2D eigenvalue weighted by Crippen LogP contribution is 2.40. The first kappa shape index (κ1) is 38.6. The zero-order chi connectivity index (χ0) is 38.2. The highest BCUT2D eigenvalue weighted by molar-refractivity contribution is 6.00. The van der Waals surface area contributed by atoms with Crippen LogP contribution in [0.2, 0.25) is 0 Å². The monoisotopic (exact) mass is 740 g/mol. The lowest BCUT2D eigenvalue weighted by Crippen LogP contribution is -2.46. The number of nitrogens with two attached hydrogens (primary N) is 1. The Morgan fingerprint density at radius 3 is 2.40 bits per heavy atom. The van der Waals surface area contributed by atoms with Crippen LogP contribution in [0, 0.1) is 11.8 Å². The second kappa shape index (κ2) is 15.3. The van der Waals surface area contributed by atoms with Gasteiger partial charge in [0.1, 0.15) is 11.6 Å². The number of carbonyl (C=O) groups is 3. The third-order valence-corrected chi connectivity index (χ3v) is 11.5. The zero-order valence-electron chi connectivity index (χ0n) is 31.5. The van der Waals surface area contributed by atoms with Crippen molar-refractivity contribution in [2.75, 3.05) is 18.4 Å². The Labute approximate surface area is 308 Å². The molecule has 3 amide bonds. The quantitative estimate of drug-likeness (QED) is 0.216. The van der Waals surface area contributed by atoms with Crippen molar-refractivity contribution in [2.24, 2.45) is 24.6 Å². The smallest absolute Gasteiger partial charge is 0.412 e. The summed E-state index contributed by atoms with van der Waals surface area (Å²) in [7, 11) is 1.74. The second-order valence-corrected chi connectivity index (χ2v) is 16.6. The second-order valence-electron chi connectivity index (χ2n) is 16.6. The van der Waals surface area contributed by atoms with Gasteiger partial charge >= 0.3 is 11.8 Å². The average molecular weight is 741 g/mol. The Kier molecular flexibility index (Phi) is 11.2. The summed E-state index contributed by atoms with van der Waals surface area (Å²) in [6.07, 6.45) is 5.69. The zero-order valence-corrected chi connectivity index (χ0v) is 31.5. The minimum atomic E-state index is -2.83. The molecular formula is C38H54F2N8O5. The molecule has 0 bridgehead atoms. The van der Waals surface area contributed by atoms with Gasteiger partial charge in [-0.3, -0.25) is 38.9 Å². The van der Waals surface area contributed by atoms with Crippen LogP contribution in [-0.2, 0) is 27.9 Å². The number of halogens is 2. The molecule has 3 aliphatic rings. The minimum Gasteiger partial charge on any atom is -0.444 e. The lowest BCUT2D eigenvalue weighted by Gasteiger charge is -2.40. The van der Waals surface area contributed by atoms with Crippen LogP contribution in [0.15, 0.2) is 29.2 Å². The first-order chi connectivity index (χ1) is 25.0. The number of rotatable bonds is 10. The summed E-state index contributed by atoms with van der Waals surface area (Å²) in [5.41, 5.74) is 7.68. The van der Waals surface area contributed by atoms with E-state index in [-0.39, 0.29) is 35.3 Å². The fourth-order valence-corrected chi connectivity index (χ4v) is 8.53. The molecule has 1 aliphatic carbocycles. The van der Waals surface area contributed by atoms with Gasteiger partial charge in [0.2, 0.25) is 11.8 Å². The molecule has 2 aliphatic heterocycles. The van der Waals surface area contributed by atoms with Gasteiger partial charge in [-0.05, 0) is 122 Å². The number of nitrogens with zero attached hydrogens (tertiary/aromatic N) is 5. The van der Waals surface area contributed by atoms with E-state index >= 15 is 0 Å². The number of hydrogen-bond acceptors (Lipinski definition) is 8. The Balaban J connectivity index is 0.996. The number of benzene rings is 1. The number of amides is 3. The van der Waals surface area contributed by atoms with Gasteiger partial charge in [0.15, 0.2) is 5.69 Å². The van der Waals surface area contributed by atoms with Gasteiger partial charge < -0.3 is 10.5 Å². The van der Waals surface area contributed by atoms with E-state index < -0.39 is 35.8 Å². The molecule has 2 atom stereocenters. The van der Waals surface area contributed by atoms with E-state index in [9.17, 15) is 28.0 Å². The molecule has 2 aromatic heterocycles. The average Bonchev–Trinajstić information content (AvgIpc) is 3.62. The first-order valence-electron chi connectivity index (χ1n) is 18.9. The molecule has 1 aromatic carbocycles. The van der Waals surface area contributed by atoms with E-state index in [1.165, 1.54) is 10.8 Å². The topological polar surface area (TPSA) is 159 Å². The van der Waals surface area contributed by atoms with Crippen molar-refractivity contribution in [3.8, 4) is 0 Å². The molecular weight excluding hydrogens is 686 g/mol. The Hall–Kier alpha value is -4.11. The molecule has 290 valence electrons. The van der Waals surface area contributed by atoms with Crippen LogP contribution < -0.4 is 22.1 Å². The van der Waals surface area contributed by atoms with Gasteiger partial charge in [0.25, 0.3) is 6.43 Å². The van der Waals surface area contributed by atoms with Crippen molar-refractivity contribution in [3.63, 3.8) is 0 Å². The van der Waals surface area contributed by atoms with Crippen LogP contribution in [0.25, 0.3) is 11.0 Å². The maximum Gasteiger partial charge on any atom is 0.412 e. The van der Waals surface area contributed by atoms with E-state index in [4.69, 9.17) is 10.5 Å². The van der Waals surface area contributed by atoms with E-state index in [1.54, 1.807) is 37.1 Å². The molecule has 3 fully saturated rings. The number of hydrogen-bond donors (Lipinski definition) is 3. The number of ether oxygens (including phenoxy) is 1. The lowest BCUT2D eigenvalue weighted by atomic mass is 9.71. The highest BCUT2D eigenvalue weighted by Gasteiger charge is 2.36. The number of imidazole rings is 1. The first-order valence-corrected chi connectivity index (χ1v) is 18.9. The SMILES string of the molecule is Cn1c(=O)n(C2CCC(=O)NC2=O)c2cccc(CN3CCC(CCC(C)(N)C4CCC(n5cc(NC(=O)OC(C)(C)C)c(C(F)F)n5)CC4)CC3)c21. The largest absolute Gasteiger partial charge is 0.444 e. The molecule has 4 heterocycles. The summed E-state index contributed by atoms with van der Waals surface area (Å²) >= 11 is 0. The summed E-state index contributed by atoms with van der Waals surface area (Å²) in [5.74, 6) is 0.124. The van der Waals surface area contributed by atoms with E-state index in [0.29, 0.717) is 30.3 Å². The molecule has 13 nitrogen and oxygen atoms in total. The number of piperidine rings is 2. The van der Waals surface area contributed by atoms with E-state index in [2.05, 4.69) is 27.6 Å². The molecule has 2 unspecified atom stereocenters. The predicted octanol–water partition coefficient (Wildman–Crippen LogP) is 5.94. The Morgan fingerprint density at radius 2 is 1.75 bits per heavy atom. The van der Waals surface area contributed by atoms with Crippen molar-refractivity contribution in [2.45, 2.75) is 128 Å². The molecule has 1 saturated carbocycles. The van der Waals surface area contributed by atoms with Gasteiger partial charge in [-0.2, -0.15) is 5.10 Å². The minimum absolute atomic E-state index is 0.0300. The number of likely N-dealkylation sites (tertiary alicyclic amines) is 1.